The van der Waals surface area contributed by atoms with Gasteiger partial charge in [0.1, 0.15) is 0 Å². The first-order valence-electron chi connectivity index (χ1n) is 14.1. The summed E-state index contributed by atoms with van der Waals surface area (Å²) in [6.07, 6.45) is 12.2. The molecule has 0 amide bonds. The lowest BCUT2D eigenvalue weighted by atomic mass is 9.80. The van der Waals surface area contributed by atoms with Crippen LogP contribution in [0.4, 0.5) is 17.6 Å². The van der Waals surface area contributed by atoms with Crippen LogP contribution >= 0.6 is 0 Å². The van der Waals surface area contributed by atoms with Crippen molar-refractivity contribution in [1.82, 2.24) is 0 Å². The maximum Gasteiger partial charge on any atom is 0.201 e. The van der Waals surface area contributed by atoms with Gasteiger partial charge in [-0.2, -0.15) is 8.78 Å². The van der Waals surface area contributed by atoms with Gasteiger partial charge in [0.15, 0.2) is 23.1 Å². The minimum absolute atomic E-state index is 0.199. The van der Waals surface area contributed by atoms with Crippen molar-refractivity contribution in [3.8, 4) is 22.6 Å². The molecule has 0 aromatic heterocycles. The molecule has 204 valence electrons. The first kappa shape index (κ1) is 27.8. The van der Waals surface area contributed by atoms with Crippen molar-refractivity contribution < 1.29 is 27.0 Å². The zero-order valence-corrected chi connectivity index (χ0v) is 22.1. The van der Waals surface area contributed by atoms with E-state index in [1.54, 1.807) is 0 Å². The zero-order chi connectivity index (χ0) is 26.4. The van der Waals surface area contributed by atoms with Gasteiger partial charge in [0.05, 0.1) is 13.2 Å². The van der Waals surface area contributed by atoms with E-state index in [1.165, 1.54) is 43.5 Å². The number of hydrogen-bond donors (Lipinski definition) is 0. The predicted molar refractivity (Wildman–Crippen MR) is 139 cm³/mol. The highest BCUT2D eigenvalue weighted by atomic mass is 19.2. The van der Waals surface area contributed by atoms with E-state index in [0.717, 1.165) is 63.2 Å². The van der Waals surface area contributed by atoms with E-state index in [2.05, 4.69) is 13.8 Å². The van der Waals surface area contributed by atoms with Crippen molar-refractivity contribution in [3.63, 3.8) is 0 Å². The van der Waals surface area contributed by atoms with Crippen molar-refractivity contribution in [3.05, 3.63) is 47.5 Å². The molecule has 0 heterocycles. The molecule has 0 saturated heterocycles. The van der Waals surface area contributed by atoms with Gasteiger partial charge in [-0.05, 0) is 73.6 Å². The van der Waals surface area contributed by atoms with Gasteiger partial charge < -0.3 is 9.47 Å². The smallest absolute Gasteiger partial charge is 0.201 e. The van der Waals surface area contributed by atoms with E-state index in [1.807, 2.05) is 0 Å². The Labute approximate surface area is 218 Å². The van der Waals surface area contributed by atoms with Crippen LogP contribution in [0.1, 0.15) is 84.5 Å². The van der Waals surface area contributed by atoms with E-state index in [4.69, 9.17) is 9.47 Å². The van der Waals surface area contributed by atoms with Crippen molar-refractivity contribution in [1.29, 1.82) is 0 Å². The Morgan fingerprint density at radius 1 is 0.568 bits per heavy atom. The van der Waals surface area contributed by atoms with Crippen LogP contribution in [-0.2, 0) is 0 Å². The van der Waals surface area contributed by atoms with Crippen LogP contribution in [0.2, 0.25) is 0 Å². The normalized spacial score (nSPS) is 24.2. The monoisotopic (exact) mass is 520 g/mol. The van der Waals surface area contributed by atoms with Gasteiger partial charge in [-0.15, -0.1) is 0 Å². The van der Waals surface area contributed by atoms with Crippen molar-refractivity contribution in [2.45, 2.75) is 84.5 Å². The molecule has 0 spiro atoms. The minimum atomic E-state index is -1.25. The molecule has 2 aliphatic rings. The SMILES string of the molecule is CCCC1CCC(COc2ccc(-c3ccc(OCC4CCC(CC)CC4)c(F)c3F)c(F)c2F)CC1. The summed E-state index contributed by atoms with van der Waals surface area (Å²) in [4.78, 5) is 0. The number of ether oxygens (including phenoxy) is 2. The summed E-state index contributed by atoms with van der Waals surface area (Å²) >= 11 is 0. The molecule has 2 aliphatic carbocycles. The summed E-state index contributed by atoms with van der Waals surface area (Å²) in [5, 5.41) is 0. The van der Waals surface area contributed by atoms with E-state index < -0.39 is 23.3 Å². The molecule has 4 rings (SSSR count). The van der Waals surface area contributed by atoms with E-state index >= 15 is 0 Å². The molecule has 0 unspecified atom stereocenters. The maximum absolute atomic E-state index is 14.9. The van der Waals surface area contributed by atoms with Gasteiger partial charge in [-0.25, -0.2) is 8.78 Å². The third kappa shape index (κ3) is 6.80. The highest BCUT2D eigenvalue weighted by Gasteiger charge is 2.25. The maximum atomic E-state index is 14.9. The van der Waals surface area contributed by atoms with Crippen molar-refractivity contribution in [2.75, 3.05) is 13.2 Å². The Hall–Kier alpha value is -2.24. The fourth-order valence-corrected chi connectivity index (χ4v) is 6.02. The Kier molecular flexibility index (Phi) is 9.77. The van der Waals surface area contributed by atoms with Gasteiger partial charge in [0, 0.05) is 11.1 Å². The lowest BCUT2D eigenvalue weighted by Gasteiger charge is -2.28. The van der Waals surface area contributed by atoms with Crippen molar-refractivity contribution >= 4 is 0 Å². The molecular weight excluding hydrogens is 480 g/mol. The van der Waals surface area contributed by atoms with Crippen LogP contribution in [0.3, 0.4) is 0 Å². The summed E-state index contributed by atoms with van der Waals surface area (Å²) in [6, 6.07) is 5.08. The second-order valence-corrected chi connectivity index (χ2v) is 11.1. The second kappa shape index (κ2) is 13.0. The number of hydrogen-bond acceptors (Lipinski definition) is 2. The lowest BCUT2D eigenvalue weighted by molar-refractivity contribution is 0.173. The molecule has 0 radical (unpaired) electrons. The summed E-state index contributed by atoms with van der Waals surface area (Å²) in [6.45, 7) is 5.03. The average Bonchev–Trinajstić information content (AvgIpc) is 2.92. The molecule has 0 bridgehead atoms. The number of benzene rings is 2. The van der Waals surface area contributed by atoms with Crippen LogP contribution < -0.4 is 9.47 Å². The van der Waals surface area contributed by atoms with Gasteiger partial charge >= 0.3 is 0 Å². The van der Waals surface area contributed by atoms with Gasteiger partial charge in [0.2, 0.25) is 11.6 Å². The minimum Gasteiger partial charge on any atom is -0.490 e. The van der Waals surface area contributed by atoms with Crippen LogP contribution in [-0.4, -0.2) is 13.2 Å². The summed E-state index contributed by atoms with van der Waals surface area (Å²) in [5.74, 6) is -3.13. The summed E-state index contributed by atoms with van der Waals surface area (Å²) in [5.41, 5.74) is -0.684. The first-order valence-corrected chi connectivity index (χ1v) is 14.1. The summed E-state index contributed by atoms with van der Waals surface area (Å²) < 4.78 is 70.7. The highest BCUT2D eigenvalue weighted by Crippen LogP contribution is 2.37. The molecule has 6 heteroatoms. The summed E-state index contributed by atoms with van der Waals surface area (Å²) in [7, 11) is 0. The van der Waals surface area contributed by atoms with E-state index in [9.17, 15) is 17.6 Å². The second-order valence-electron chi connectivity index (χ2n) is 11.1. The zero-order valence-electron chi connectivity index (χ0n) is 22.1. The molecule has 0 atom stereocenters. The number of rotatable bonds is 10. The third-order valence-electron chi connectivity index (χ3n) is 8.54. The van der Waals surface area contributed by atoms with E-state index in [-0.39, 0.29) is 22.6 Å². The first-order chi connectivity index (χ1) is 17.9. The Bertz CT molecular complexity index is 1020. The van der Waals surface area contributed by atoms with Crippen LogP contribution in [0.25, 0.3) is 11.1 Å². The molecular formula is C31H40F4O2. The topological polar surface area (TPSA) is 18.5 Å². The molecule has 37 heavy (non-hydrogen) atoms. The van der Waals surface area contributed by atoms with Crippen LogP contribution in [0.5, 0.6) is 11.5 Å². The van der Waals surface area contributed by atoms with Gasteiger partial charge in [-0.3, -0.25) is 0 Å². The number of halogens is 4. The fourth-order valence-electron chi connectivity index (χ4n) is 6.02. The Morgan fingerprint density at radius 3 is 1.38 bits per heavy atom. The van der Waals surface area contributed by atoms with Gasteiger partial charge in [-0.1, -0.05) is 58.8 Å². The van der Waals surface area contributed by atoms with Crippen LogP contribution in [0, 0.1) is 46.9 Å². The quantitative estimate of drug-likeness (QED) is 0.291. The van der Waals surface area contributed by atoms with Crippen molar-refractivity contribution in [2.24, 2.45) is 23.7 Å². The molecule has 0 N–H and O–H groups in total. The molecule has 2 fully saturated rings. The largest absolute Gasteiger partial charge is 0.490 e. The van der Waals surface area contributed by atoms with Crippen LogP contribution in [0.15, 0.2) is 24.3 Å². The van der Waals surface area contributed by atoms with E-state index in [0.29, 0.717) is 25.0 Å². The fraction of sp³-hybridized carbons (Fsp3) is 0.613. The Balaban J connectivity index is 1.38. The molecule has 2 saturated carbocycles. The molecule has 2 aromatic carbocycles. The lowest BCUT2D eigenvalue weighted by Crippen LogP contribution is -2.20. The molecule has 0 aliphatic heterocycles. The highest BCUT2D eigenvalue weighted by molar-refractivity contribution is 5.67. The predicted octanol–water partition coefficient (Wildman–Crippen LogP) is 9.49. The average molecular weight is 521 g/mol. The Morgan fingerprint density at radius 2 is 0.973 bits per heavy atom. The molecule has 2 aromatic rings. The third-order valence-corrected chi connectivity index (χ3v) is 8.54. The standard InChI is InChI=1S/C31H40F4O2/c1-3-5-21-8-12-23(13-9-21)19-37-27-17-15-25(29(33)31(27)35)24-14-16-26(30(34)28(24)32)36-18-22-10-6-20(4-2)7-11-22/h14-17,20-23H,3-13,18-19H2,1-2H3. The van der Waals surface area contributed by atoms with Gasteiger partial charge in [0.25, 0.3) is 0 Å². The molecule has 2 nitrogen and oxygen atoms in total.